The van der Waals surface area contributed by atoms with E-state index in [1.54, 1.807) is 24.3 Å². The van der Waals surface area contributed by atoms with Gasteiger partial charge in [0, 0.05) is 24.6 Å². The summed E-state index contributed by atoms with van der Waals surface area (Å²) in [7, 11) is 1.18. The molecule has 10 heteroatoms. The molecule has 0 aliphatic carbocycles. The number of methoxy groups -OCH3 is 1. The van der Waals surface area contributed by atoms with Crippen LogP contribution in [0.2, 0.25) is 0 Å². The molecule has 138 valence electrons. The molecule has 0 radical (unpaired) electrons. The highest BCUT2D eigenvalue weighted by Gasteiger charge is 2.28. The lowest BCUT2D eigenvalue weighted by Crippen LogP contribution is -2.37. The fourth-order valence-electron chi connectivity index (χ4n) is 2.31. The van der Waals surface area contributed by atoms with Crippen LogP contribution in [-0.2, 0) is 11.3 Å². The number of aliphatic hydroxyl groups is 3. The summed E-state index contributed by atoms with van der Waals surface area (Å²) in [6.45, 7) is -0.0393. The number of fused-ring (bicyclic) bond motifs is 1. The van der Waals surface area contributed by atoms with Gasteiger partial charge in [0.2, 0.25) is 0 Å². The molecule has 2 heterocycles. The monoisotopic (exact) mass is 363 g/mol. The van der Waals surface area contributed by atoms with Crippen molar-refractivity contribution in [3.8, 4) is 5.75 Å². The lowest BCUT2D eigenvalue weighted by atomic mass is 10.2. The number of hydrogen-bond donors (Lipinski definition) is 3. The van der Waals surface area contributed by atoms with Crippen LogP contribution in [0.5, 0.6) is 5.75 Å². The maximum Gasteiger partial charge on any atom is 0.336 e. The molecule has 3 atom stereocenters. The molecule has 0 amide bonds. The number of aromatic nitrogens is 3. The highest BCUT2D eigenvalue weighted by Crippen LogP contribution is 2.21. The highest BCUT2D eigenvalue weighted by molar-refractivity contribution is 5.77. The first kappa shape index (κ1) is 18.0. The third kappa shape index (κ3) is 3.73. The minimum Gasteiger partial charge on any atom is -0.487 e. The third-order valence-electron chi connectivity index (χ3n) is 3.72. The lowest BCUT2D eigenvalue weighted by molar-refractivity contribution is -0.192. The van der Waals surface area contributed by atoms with Crippen molar-refractivity contribution in [1.82, 2.24) is 15.0 Å². The standard InChI is InChI=1S/C16H17N3O7/c1-24-16(23)14(21)15(22)19-10(7-17-18-19)8-25-11-4-2-9-3-5-13(20)26-12(9)6-11/h2-7,14-16,21-23H,8H2,1H3/t14?,15?,16-/m0/s1. The fourth-order valence-corrected chi connectivity index (χ4v) is 2.31. The zero-order valence-electron chi connectivity index (χ0n) is 13.7. The van der Waals surface area contributed by atoms with E-state index in [1.807, 2.05) is 0 Å². The van der Waals surface area contributed by atoms with Gasteiger partial charge in [-0.05, 0) is 18.2 Å². The molecule has 3 rings (SSSR count). The van der Waals surface area contributed by atoms with Crippen LogP contribution < -0.4 is 10.4 Å². The summed E-state index contributed by atoms with van der Waals surface area (Å²) in [6.07, 6.45) is -3.46. The van der Waals surface area contributed by atoms with E-state index in [1.165, 1.54) is 19.4 Å². The molecule has 2 aromatic heterocycles. The van der Waals surface area contributed by atoms with Gasteiger partial charge in [0.25, 0.3) is 0 Å². The van der Waals surface area contributed by atoms with Gasteiger partial charge in [0.05, 0.1) is 11.9 Å². The Morgan fingerprint density at radius 2 is 2.00 bits per heavy atom. The van der Waals surface area contributed by atoms with Gasteiger partial charge in [-0.3, -0.25) is 0 Å². The maximum absolute atomic E-state index is 11.3. The summed E-state index contributed by atoms with van der Waals surface area (Å²) in [6, 6.07) is 7.95. The van der Waals surface area contributed by atoms with E-state index in [0.29, 0.717) is 17.0 Å². The van der Waals surface area contributed by atoms with Gasteiger partial charge < -0.3 is 29.2 Å². The molecule has 0 saturated carbocycles. The topological polar surface area (TPSA) is 140 Å². The molecule has 3 aromatic rings. The van der Waals surface area contributed by atoms with Gasteiger partial charge in [0.1, 0.15) is 17.9 Å². The van der Waals surface area contributed by atoms with Crippen molar-refractivity contribution in [3.63, 3.8) is 0 Å². The maximum atomic E-state index is 11.3. The molecule has 10 nitrogen and oxygen atoms in total. The molecule has 0 aliphatic heterocycles. The van der Waals surface area contributed by atoms with Crippen LogP contribution in [0, 0.1) is 0 Å². The van der Waals surface area contributed by atoms with E-state index in [0.717, 1.165) is 10.1 Å². The normalized spacial score (nSPS) is 14.9. The van der Waals surface area contributed by atoms with E-state index >= 15 is 0 Å². The molecule has 0 saturated heterocycles. The highest BCUT2D eigenvalue weighted by atomic mass is 16.6. The summed E-state index contributed by atoms with van der Waals surface area (Å²) in [5.74, 6) is 0.423. The quantitative estimate of drug-likeness (QED) is 0.384. The number of hydrogen-bond acceptors (Lipinski definition) is 9. The average molecular weight is 363 g/mol. The van der Waals surface area contributed by atoms with E-state index in [4.69, 9.17) is 9.15 Å². The Balaban J connectivity index is 1.75. The minimum atomic E-state index is -1.63. The van der Waals surface area contributed by atoms with Crippen molar-refractivity contribution >= 4 is 11.0 Å². The zero-order chi connectivity index (χ0) is 18.7. The lowest BCUT2D eigenvalue weighted by Gasteiger charge is -2.22. The van der Waals surface area contributed by atoms with Gasteiger partial charge in [-0.1, -0.05) is 5.21 Å². The average Bonchev–Trinajstić information content (AvgIpc) is 3.12. The van der Waals surface area contributed by atoms with Gasteiger partial charge in [-0.2, -0.15) is 0 Å². The van der Waals surface area contributed by atoms with Crippen LogP contribution in [0.3, 0.4) is 0 Å². The first-order valence-electron chi connectivity index (χ1n) is 7.62. The third-order valence-corrected chi connectivity index (χ3v) is 3.72. The smallest absolute Gasteiger partial charge is 0.336 e. The van der Waals surface area contributed by atoms with Crippen molar-refractivity contribution in [2.75, 3.05) is 7.11 Å². The summed E-state index contributed by atoms with van der Waals surface area (Å²) in [4.78, 5) is 11.3. The second-order valence-electron chi connectivity index (χ2n) is 5.44. The fraction of sp³-hybridized carbons (Fsp3) is 0.312. The van der Waals surface area contributed by atoms with Crippen LogP contribution in [0.4, 0.5) is 0 Å². The van der Waals surface area contributed by atoms with Crippen molar-refractivity contribution < 1.29 is 29.2 Å². The van der Waals surface area contributed by atoms with E-state index in [9.17, 15) is 20.1 Å². The Morgan fingerprint density at radius 1 is 1.23 bits per heavy atom. The molecule has 0 bridgehead atoms. The Hall–Kier alpha value is -2.79. The Bertz CT molecular complexity index is 939. The first-order valence-corrected chi connectivity index (χ1v) is 7.62. The number of benzene rings is 1. The largest absolute Gasteiger partial charge is 0.487 e. The summed E-state index contributed by atoms with van der Waals surface area (Å²) in [5.41, 5.74) is 0.250. The van der Waals surface area contributed by atoms with E-state index in [2.05, 4.69) is 15.0 Å². The Labute approximate surface area is 146 Å². The summed E-state index contributed by atoms with van der Waals surface area (Å²) < 4.78 is 16.3. The summed E-state index contributed by atoms with van der Waals surface area (Å²) >= 11 is 0. The Morgan fingerprint density at radius 3 is 2.77 bits per heavy atom. The summed E-state index contributed by atoms with van der Waals surface area (Å²) in [5, 5.41) is 37.5. The zero-order valence-corrected chi connectivity index (χ0v) is 13.7. The molecule has 2 unspecified atom stereocenters. The second-order valence-corrected chi connectivity index (χ2v) is 5.44. The van der Waals surface area contributed by atoms with Crippen molar-refractivity contribution in [2.45, 2.75) is 25.2 Å². The second kappa shape index (κ2) is 7.62. The number of rotatable bonds is 7. The number of ether oxygens (including phenoxy) is 2. The van der Waals surface area contributed by atoms with E-state index < -0.39 is 24.2 Å². The Kier molecular flexibility index (Phi) is 5.28. The molecular formula is C16H17N3O7. The van der Waals surface area contributed by atoms with Crippen LogP contribution in [0.15, 0.2) is 45.7 Å². The van der Waals surface area contributed by atoms with Crippen molar-refractivity contribution in [1.29, 1.82) is 0 Å². The number of nitrogens with zero attached hydrogens (tertiary/aromatic N) is 3. The number of aliphatic hydroxyl groups excluding tert-OH is 3. The molecule has 0 spiro atoms. The van der Waals surface area contributed by atoms with Gasteiger partial charge in [0.15, 0.2) is 18.6 Å². The van der Waals surface area contributed by atoms with Gasteiger partial charge in [-0.25, -0.2) is 9.48 Å². The van der Waals surface area contributed by atoms with Gasteiger partial charge >= 0.3 is 5.63 Å². The minimum absolute atomic E-state index is 0.0393. The molecular weight excluding hydrogens is 346 g/mol. The van der Waals surface area contributed by atoms with Gasteiger partial charge in [-0.15, -0.1) is 5.10 Å². The molecule has 0 aliphatic rings. The molecule has 0 fully saturated rings. The van der Waals surface area contributed by atoms with Crippen molar-refractivity contribution in [3.05, 3.63) is 52.6 Å². The predicted octanol–water partition coefficient (Wildman–Crippen LogP) is -0.220. The SMILES string of the molecule is CO[C@H](O)C(O)C(O)n1nncc1COc1ccc2ccc(=O)oc2c1. The molecule has 1 aromatic carbocycles. The predicted molar refractivity (Wildman–Crippen MR) is 87.1 cm³/mol. The van der Waals surface area contributed by atoms with Crippen molar-refractivity contribution in [2.24, 2.45) is 0 Å². The van der Waals surface area contributed by atoms with Crippen LogP contribution in [0.25, 0.3) is 11.0 Å². The van der Waals surface area contributed by atoms with E-state index in [-0.39, 0.29) is 6.61 Å². The van der Waals surface area contributed by atoms with Crippen LogP contribution >= 0.6 is 0 Å². The van der Waals surface area contributed by atoms with Crippen LogP contribution in [0.1, 0.15) is 11.9 Å². The molecule has 26 heavy (non-hydrogen) atoms. The van der Waals surface area contributed by atoms with Crippen LogP contribution in [-0.4, -0.2) is 49.8 Å². The first-order chi connectivity index (χ1) is 12.5. The molecule has 3 N–H and O–H groups in total.